The van der Waals surface area contributed by atoms with Gasteiger partial charge >= 0.3 is 0 Å². The largest absolute Gasteiger partial charge is 0.379 e. The van der Waals surface area contributed by atoms with Crippen molar-refractivity contribution in [2.45, 2.75) is 13.5 Å². The number of nitro groups is 1. The summed E-state index contributed by atoms with van der Waals surface area (Å²) in [4.78, 5) is 14.6. The smallest absolute Gasteiger partial charge is 0.292 e. The highest BCUT2D eigenvalue weighted by Gasteiger charge is 2.16. The fourth-order valence-electron chi connectivity index (χ4n) is 1.83. The molecule has 0 aliphatic rings. The van der Waals surface area contributed by atoms with Crippen LogP contribution in [0.2, 0.25) is 0 Å². The maximum absolute atomic E-state index is 11.0. The van der Waals surface area contributed by atoms with Crippen molar-refractivity contribution in [3.8, 4) is 0 Å². The summed E-state index contributed by atoms with van der Waals surface area (Å²) in [6, 6.07) is 5.09. The van der Waals surface area contributed by atoms with Gasteiger partial charge in [0.2, 0.25) is 0 Å². The van der Waals surface area contributed by atoms with Crippen molar-refractivity contribution in [1.82, 2.24) is 9.55 Å². The van der Waals surface area contributed by atoms with Crippen LogP contribution < -0.4 is 5.32 Å². The van der Waals surface area contributed by atoms with Crippen molar-refractivity contribution in [3.05, 3.63) is 52.6 Å². The van der Waals surface area contributed by atoms with E-state index >= 15 is 0 Å². The second kappa shape index (κ2) is 5.31. The van der Waals surface area contributed by atoms with Crippen molar-refractivity contribution < 1.29 is 4.92 Å². The fourth-order valence-corrected chi connectivity index (χ4v) is 1.83. The zero-order valence-corrected chi connectivity index (χ0v) is 10.0. The summed E-state index contributed by atoms with van der Waals surface area (Å²) in [5.74, 6) is 0. The Morgan fingerprint density at radius 1 is 1.50 bits per heavy atom. The molecule has 0 aliphatic carbocycles. The fraction of sp³-hybridized carbons (Fsp3) is 0.250. The lowest BCUT2D eigenvalue weighted by molar-refractivity contribution is -0.384. The molecule has 0 fully saturated rings. The molecule has 0 spiro atoms. The van der Waals surface area contributed by atoms with Gasteiger partial charge in [-0.2, -0.15) is 0 Å². The minimum atomic E-state index is -0.366. The highest BCUT2D eigenvalue weighted by molar-refractivity contribution is 5.66. The van der Waals surface area contributed by atoms with Crippen LogP contribution in [0.3, 0.4) is 0 Å². The lowest BCUT2D eigenvalue weighted by atomic mass is 10.1. The zero-order valence-electron chi connectivity index (χ0n) is 10.0. The molecule has 0 bridgehead atoms. The average Bonchev–Trinajstić information content (AvgIpc) is 2.84. The molecule has 1 aromatic heterocycles. The molecule has 2 rings (SSSR count). The monoisotopic (exact) mass is 246 g/mol. The Kier molecular flexibility index (Phi) is 3.57. The van der Waals surface area contributed by atoms with Crippen LogP contribution in [-0.4, -0.2) is 21.0 Å². The van der Waals surface area contributed by atoms with E-state index in [1.165, 1.54) is 6.07 Å². The third kappa shape index (κ3) is 2.48. The number of para-hydroxylation sites is 1. The molecule has 2 aromatic rings. The minimum absolute atomic E-state index is 0.106. The lowest BCUT2D eigenvalue weighted by Crippen LogP contribution is -2.07. The molecule has 0 amide bonds. The van der Waals surface area contributed by atoms with E-state index in [-0.39, 0.29) is 10.6 Å². The molecule has 1 N–H and O–H groups in total. The highest BCUT2D eigenvalue weighted by atomic mass is 16.6. The average molecular weight is 246 g/mol. The van der Waals surface area contributed by atoms with Gasteiger partial charge in [0.15, 0.2) is 0 Å². The molecule has 94 valence electrons. The van der Waals surface area contributed by atoms with E-state index in [9.17, 15) is 10.1 Å². The predicted molar refractivity (Wildman–Crippen MR) is 68.6 cm³/mol. The number of benzene rings is 1. The van der Waals surface area contributed by atoms with Crippen LogP contribution >= 0.6 is 0 Å². The van der Waals surface area contributed by atoms with Crippen molar-refractivity contribution >= 4 is 11.4 Å². The number of nitro benzene ring substituents is 1. The number of rotatable bonds is 5. The molecular weight excluding hydrogens is 232 g/mol. The molecule has 1 aromatic carbocycles. The first-order valence-corrected chi connectivity index (χ1v) is 5.68. The normalized spacial score (nSPS) is 10.3. The number of imidazole rings is 1. The Balaban J connectivity index is 2.39. The molecule has 0 saturated heterocycles. The Hall–Kier alpha value is -2.37. The molecule has 0 radical (unpaired) electrons. The maximum Gasteiger partial charge on any atom is 0.292 e. The summed E-state index contributed by atoms with van der Waals surface area (Å²) in [5, 5.41) is 14.1. The second-order valence-electron chi connectivity index (χ2n) is 3.83. The number of aromatic nitrogens is 2. The maximum atomic E-state index is 11.0. The first kappa shape index (κ1) is 12.1. The molecular formula is C12H14N4O2. The third-order valence-corrected chi connectivity index (χ3v) is 2.59. The van der Waals surface area contributed by atoms with E-state index in [1.54, 1.807) is 18.6 Å². The molecule has 0 unspecified atom stereocenters. The standard InChI is InChI=1S/C12H14N4O2/c1-2-14-12-10(8-15-7-6-13-9-15)4-3-5-11(12)16(17)18/h3-7,9,14H,2,8H2,1H3. The molecule has 6 nitrogen and oxygen atoms in total. The molecule has 18 heavy (non-hydrogen) atoms. The number of nitrogens with zero attached hydrogens (tertiary/aromatic N) is 3. The van der Waals surface area contributed by atoms with Gasteiger partial charge < -0.3 is 9.88 Å². The summed E-state index contributed by atoms with van der Waals surface area (Å²) >= 11 is 0. The predicted octanol–water partition coefficient (Wildman–Crippen LogP) is 2.27. The van der Waals surface area contributed by atoms with Gasteiger partial charge in [-0.25, -0.2) is 4.98 Å². The van der Waals surface area contributed by atoms with Crippen molar-refractivity contribution in [2.24, 2.45) is 0 Å². The van der Waals surface area contributed by atoms with Crippen molar-refractivity contribution in [1.29, 1.82) is 0 Å². The van der Waals surface area contributed by atoms with Gasteiger partial charge in [-0.3, -0.25) is 10.1 Å². The van der Waals surface area contributed by atoms with Crippen LogP contribution in [0.5, 0.6) is 0 Å². The zero-order chi connectivity index (χ0) is 13.0. The van der Waals surface area contributed by atoms with Gasteiger partial charge in [0.05, 0.1) is 17.8 Å². The number of nitrogens with one attached hydrogen (secondary N) is 1. The Morgan fingerprint density at radius 3 is 2.94 bits per heavy atom. The van der Waals surface area contributed by atoms with Crippen LogP contribution in [0.15, 0.2) is 36.9 Å². The minimum Gasteiger partial charge on any atom is -0.379 e. The summed E-state index contributed by atoms with van der Waals surface area (Å²) in [6.45, 7) is 3.11. The van der Waals surface area contributed by atoms with Crippen LogP contribution in [0.25, 0.3) is 0 Å². The molecule has 0 saturated carbocycles. The number of hydrogen-bond donors (Lipinski definition) is 1. The first-order chi connectivity index (χ1) is 8.72. The van der Waals surface area contributed by atoms with Gasteiger partial charge in [-0.15, -0.1) is 0 Å². The Labute approximate surface area is 104 Å². The van der Waals surface area contributed by atoms with Crippen LogP contribution in [-0.2, 0) is 6.54 Å². The second-order valence-corrected chi connectivity index (χ2v) is 3.83. The van der Waals surface area contributed by atoms with Gasteiger partial charge in [0, 0.05) is 30.6 Å². The van der Waals surface area contributed by atoms with Gasteiger partial charge in [0.1, 0.15) is 5.69 Å². The summed E-state index contributed by atoms with van der Waals surface area (Å²) < 4.78 is 1.87. The first-order valence-electron chi connectivity index (χ1n) is 5.68. The van der Waals surface area contributed by atoms with E-state index in [1.807, 2.05) is 23.8 Å². The Morgan fingerprint density at radius 2 is 2.33 bits per heavy atom. The van der Waals surface area contributed by atoms with E-state index in [0.29, 0.717) is 18.8 Å². The topological polar surface area (TPSA) is 73.0 Å². The lowest BCUT2D eigenvalue weighted by Gasteiger charge is -2.11. The number of hydrogen-bond acceptors (Lipinski definition) is 4. The van der Waals surface area contributed by atoms with Gasteiger partial charge in [-0.05, 0) is 6.92 Å². The molecule has 0 atom stereocenters. The van der Waals surface area contributed by atoms with E-state index < -0.39 is 0 Å². The van der Waals surface area contributed by atoms with Crippen molar-refractivity contribution in [2.75, 3.05) is 11.9 Å². The molecule has 6 heteroatoms. The SMILES string of the molecule is CCNc1c(Cn2ccnc2)cccc1[N+](=O)[O-]. The van der Waals surface area contributed by atoms with Crippen LogP contribution in [0.1, 0.15) is 12.5 Å². The van der Waals surface area contributed by atoms with Gasteiger partial charge in [-0.1, -0.05) is 12.1 Å². The quantitative estimate of drug-likeness (QED) is 0.648. The molecule has 1 heterocycles. The third-order valence-electron chi connectivity index (χ3n) is 2.59. The summed E-state index contributed by atoms with van der Waals surface area (Å²) in [7, 11) is 0. The highest BCUT2D eigenvalue weighted by Crippen LogP contribution is 2.28. The van der Waals surface area contributed by atoms with Crippen molar-refractivity contribution in [3.63, 3.8) is 0 Å². The molecule has 0 aliphatic heterocycles. The summed E-state index contributed by atoms with van der Waals surface area (Å²) in [5.41, 5.74) is 1.57. The van der Waals surface area contributed by atoms with Crippen LogP contribution in [0, 0.1) is 10.1 Å². The van der Waals surface area contributed by atoms with E-state index in [4.69, 9.17) is 0 Å². The Bertz CT molecular complexity index is 537. The summed E-state index contributed by atoms with van der Waals surface area (Å²) in [6.07, 6.45) is 5.20. The van der Waals surface area contributed by atoms with E-state index in [2.05, 4.69) is 10.3 Å². The number of anilines is 1. The van der Waals surface area contributed by atoms with Gasteiger partial charge in [0.25, 0.3) is 5.69 Å². The van der Waals surface area contributed by atoms with E-state index in [0.717, 1.165) is 5.56 Å². The van der Waals surface area contributed by atoms with Crippen LogP contribution in [0.4, 0.5) is 11.4 Å².